The number of hydrogen-bond acceptors (Lipinski definition) is 7. The average molecular weight is 821 g/mol. The molecule has 0 saturated heterocycles. The number of carbonyl (C=O) groups excluding carboxylic acids is 2. The number of rotatable bonds is 27. The van der Waals surface area contributed by atoms with E-state index in [1.165, 1.54) is 0 Å². The lowest BCUT2D eigenvalue weighted by Gasteiger charge is -2.60. The Bertz CT molecular complexity index is 1230. The van der Waals surface area contributed by atoms with E-state index >= 15 is 0 Å². The molecule has 0 spiro atoms. The Morgan fingerprint density at radius 1 is 0.642 bits per heavy atom. The summed E-state index contributed by atoms with van der Waals surface area (Å²) in [5.74, 6) is -2.80. The van der Waals surface area contributed by atoms with Crippen molar-refractivity contribution >= 4 is 56.8 Å². The standard InChI is InChI=1S/C38H80N2O9Si4/c1-18-35(5,36(6,19-2)52(15,16)49-37(7,20-3)50(9,10)11)47-53(17,38(8,21-4)48-51(12,13)14)30-22-28-40(32(42)24-26-34(45)46)29-27-39-31(41)23-25-33(43)44/h18-30H2,1-17H3,(H,39,41)(H,43,44)(H,45,46). The minimum absolute atomic E-state index is 0.143. The maximum atomic E-state index is 13.3. The van der Waals surface area contributed by atoms with Crippen LogP contribution in [0, 0.1) is 0 Å². The number of carboxylic acids is 2. The molecule has 0 fully saturated rings. The zero-order chi connectivity index (χ0) is 41.9. The van der Waals surface area contributed by atoms with Crippen molar-refractivity contribution < 1.29 is 42.7 Å². The van der Waals surface area contributed by atoms with E-state index in [1.807, 2.05) is 0 Å². The van der Waals surface area contributed by atoms with Crippen LogP contribution in [-0.2, 0) is 32.5 Å². The Kier molecular flexibility index (Phi) is 19.6. The zero-order valence-corrected chi connectivity index (χ0v) is 40.9. The molecule has 0 heterocycles. The molecule has 0 aliphatic carbocycles. The minimum Gasteiger partial charge on any atom is -0.481 e. The summed E-state index contributed by atoms with van der Waals surface area (Å²) in [6.45, 7) is 39.7. The van der Waals surface area contributed by atoms with Gasteiger partial charge in [0.1, 0.15) is 0 Å². The van der Waals surface area contributed by atoms with Gasteiger partial charge in [-0.1, -0.05) is 54.3 Å². The van der Waals surface area contributed by atoms with Crippen LogP contribution in [0.25, 0.3) is 0 Å². The molecule has 11 nitrogen and oxygen atoms in total. The molecule has 0 aliphatic rings. The summed E-state index contributed by atoms with van der Waals surface area (Å²) < 4.78 is 22.5. The highest BCUT2D eigenvalue weighted by Gasteiger charge is 2.62. The molecule has 3 N–H and O–H groups in total. The normalized spacial score (nSPS) is 18.4. The summed E-state index contributed by atoms with van der Waals surface area (Å²) in [7, 11) is -9.11. The molecule has 53 heavy (non-hydrogen) atoms. The Morgan fingerprint density at radius 3 is 1.57 bits per heavy atom. The van der Waals surface area contributed by atoms with E-state index in [-0.39, 0.29) is 54.9 Å². The Hall–Kier alpha value is -1.37. The van der Waals surface area contributed by atoms with Gasteiger partial charge < -0.3 is 33.7 Å². The molecule has 15 heteroatoms. The fraction of sp³-hybridized carbons (Fsp3) is 0.895. The van der Waals surface area contributed by atoms with E-state index in [2.05, 4.69) is 120 Å². The molecule has 0 saturated carbocycles. The second-order valence-electron chi connectivity index (χ2n) is 18.5. The van der Waals surface area contributed by atoms with Gasteiger partial charge in [0.25, 0.3) is 0 Å². The third-order valence-electron chi connectivity index (χ3n) is 12.7. The van der Waals surface area contributed by atoms with Crippen LogP contribution in [0.1, 0.15) is 113 Å². The third kappa shape index (κ3) is 14.3. The summed E-state index contributed by atoms with van der Waals surface area (Å²) in [5.41, 5.74) is -0.539. The fourth-order valence-corrected chi connectivity index (χ4v) is 21.6. The molecule has 5 unspecified atom stereocenters. The predicted molar refractivity (Wildman–Crippen MR) is 227 cm³/mol. The quantitative estimate of drug-likeness (QED) is 0.0691. The smallest absolute Gasteiger partial charge is 0.303 e. The van der Waals surface area contributed by atoms with Gasteiger partial charge in [-0.25, -0.2) is 0 Å². The lowest BCUT2D eigenvalue weighted by atomic mass is 9.85. The van der Waals surface area contributed by atoms with Crippen LogP contribution in [0.5, 0.6) is 0 Å². The number of carbonyl (C=O) groups is 4. The van der Waals surface area contributed by atoms with Crippen LogP contribution in [0.3, 0.4) is 0 Å². The Morgan fingerprint density at radius 2 is 1.15 bits per heavy atom. The third-order valence-corrected chi connectivity index (χ3v) is 27.2. The van der Waals surface area contributed by atoms with Crippen molar-refractivity contribution in [3.63, 3.8) is 0 Å². The second-order valence-corrected chi connectivity index (χ2v) is 37.0. The van der Waals surface area contributed by atoms with E-state index in [4.69, 9.17) is 18.4 Å². The van der Waals surface area contributed by atoms with Crippen LogP contribution >= 0.6 is 0 Å². The number of nitrogens with zero attached hydrogens (tertiary/aromatic N) is 1. The molecule has 0 aromatic rings. The van der Waals surface area contributed by atoms with E-state index in [0.29, 0.717) is 19.0 Å². The summed E-state index contributed by atoms with van der Waals surface area (Å²) in [5, 5.41) is 19.9. The van der Waals surface area contributed by atoms with Gasteiger partial charge in [-0.2, -0.15) is 0 Å². The molecule has 0 aliphatic heterocycles. The van der Waals surface area contributed by atoms with Crippen molar-refractivity contribution in [2.45, 2.75) is 199 Å². The molecule has 0 rings (SSSR count). The zero-order valence-electron chi connectivity index (χ0n) is 36.9. The van der Waals surface area contributed by atoms with Crippen molar-refractivity contribution in [1.82, 2.24) is 10.2 Å². The molecular formula is C38H80N2O9Si4. The van der Waals surface area contributed by atoms with Crippen molar-refractivity contribution in [2.75, 3.05) is 19.6 Å². The van der Waals surface area contributed by atoms with Gasteiger partial charge in [0.05, 0.1) is 31.7 Å². The highest BCUT2D eigenvalue weighted by molar-refractivity contribution is 6.82. The lowest BCUT2D eigenvalue weighted by molar-refractivity contribution is -0.141. The second kappa shape index (κ2) is 20.2. The van der Waals surface area contributed by atoms with E-state index in [0.717, 1.165) is 25.7 Å². The van der Waals surface area contributed by atoms with Gasteiger partial charge in [-0.15, -0.1) is 0 Å². The Balaban J connectivity index is 6.90. The highest BCUT2D eigenvalue weighted by atomic mass is 28.4. The summed E-state index contributed by atoms with van der Waals surface area (Å²) in [6.07, 6.45) is 3.18. The highest BCUT2D eigenvalue weighted by Crippen LogP contribution is 2.57. The number of nitrogens with one attached hydrogen (secondary N) is 1. The maximum absolute atomic E-state index is 13.3. The van der Waals surface area contributed by atoms with Crippen LogP contribution in [-0.4, -0.2) is 108 Å². The molecule has 0 radical (unpaired) electrons. The van der Waals surface area contributed by atoms with Crippen molar-refractivity contribution in [3.05, 3.63) is 0 Å². The summed E-state index contributed by atoms with van der Waals surface area (Å²) >= 11 is 0. The van der Waals surface area contributed by atoms with Gasteiger partial charge in [-0.05, 0) is 98.2 Å². The van der Waals surface area contributed by atoms with Gasteiger partial charge >= 0.3 is 11.9 Å². The van der Waals surface area contributed by atoms with Crippen LogP contribution in [0.15, 0.2) is 0 Å². The largest absolute Gasteiger partial charge is 0.481 e. The molecule has 5 atom stereocenters. The first-order valence-electron chi connectivity index (χ1n) is 20.0. The number of carboxylic acid groups (broad SMARTS) is 2. The van der Waals surface area contributed by atoms with Crippen molar-refractivity contribution in [3.8, 4) is 0 Å². The minimum atomic E-state index is -2.86. The summed E-state index contributed by atoms with van der Waals surface area (Å²) in [4.78, 5) is 49.4. The monoisotopic (exact) mass is 820 g/mol. The predicted octanol–water partition coefficient (Wildman–Crippen LogP) is 8.81. The van der Waals surface area contributed by atoms with E-state index in [1.54, 1.807) is 4.90 Å². The first kappa shape index (κ1) is 51.6. The van der Waals surface area contributed by atoms with Gasteiger partial charge in [0.15, 0.2) is 16.6 Å². The number of hydrogen-bond donors (Lipinski definition) is 3. The Labute approximate surface area is 327 Å². The van der Waals surface area contributed by atoms with Crippen LogP contribution in [0.2, 0.25) is 70.0 Å². The summed E-state index contributed by atoms with van der Waals surface area (Å²) in [6, 6.07) is 0.704. The SMILES string of the molecule is CCC(C)(O[Si](C)(CCCN(CCNC(=O)CCC(=O)O)C(=O)CCC(=O)O)C(C)(CC)O[Si](C)(C)C)C(C)(CC)[Si](C)(C)OC(C)(CC)[Si](C)(C)C. The van der Waals surface area contributed by atoms with Gasteiger partial charge in [0, 0.05) is 42.7 Å². The topological polar surface area (TPSA) is 152 Å². The molecule has 312 valence electrons. The van der Waals surface area contributed by atoms with E-state index < -0.39 is 61.7 Å². The van der Waals surface area contributed by atoms with Crippen LogP contribution in [0.4, 0.5) is 0 Å². The first-order valence-corrected chi connectivity index (χ1v) is 32.4. The van der Waals surface area contributed by atoms with Gasteiger partial charge in [-0.3, -0.25) is 19.2 Å². The lowest BCUT2D eigenvalue weighted by Crippen LogP contribution is -2.69. The number of aliphatic carboxylic acids is 2. The molecular weight excluding hydrogens is 741 g/mol. The average Bonchev–Trinajstić information content (AvgIpc) is 3.02. The maximum Gasteiger partial charge on any atom is 0.303 e. The molecule has 0 aromatic heterocycles. The molecule has 2 amide bonds. The van der Waals surface area contributed by atoms with Crippen molar-refractivity contribution in [2.24, 2.45) is 0 Å². The van der Waals surface area contributed by atoms with Crippen LogP contribution < -0.4 is 5.32 Å². The van der Waals surface area contributed by atoms with Gasteiger partial charge in [0.2, 0.25) is 20.1 Å². The van der Waals surface area contributed by atoms with E-state index in [9.17, 15) is 24.3 Å². The fourth-order valence-electron chi connectivity index (χ4n) is 7.57. The van der Waals surface area contributed by atoms with Crippen molar-refractivity contribution in [1.29, 1.82) is 0 Å². The molecule has 0 aromatic carbocycles. The first-order chi connectivity index (χ1) is 23.9. The molecule has 0 bridgehead atoms. The number of amides is 2.